The first-order chi connectivity index (χ1) is 13.9. The van der Waals surface area contributed by atoms with Crippen LogP contribution in [-0.2, 0) is 14.6 Å². The minimum Gasteiger partial charge on any atom is -0.444 e. The number of sulfone groups is 1. The lowest BCUT2D eigenvalue weighted by molar-refractivity contribution is 0.0144. The Morgan fingerprint density at radius 1 is 1.17 bits per heavy atom. The molecule has 30 heavy (non-hydrogen) atoms. The zero-order valence-electron chi connectivity index (χ0n) is 17.9. The molecule has 1 aliphatic rings. The minimum absolute atomic E-state index is 0.0559. The summed E-state index contributed by atoms with van der Waals surface area (Å²) < 4.78 is 28.9. The Morgan fingerprint density at radius 3 is 2.37 bits per heavy atom. The molecule has 1 fully saturated rings. The maximum Gasteiger partial charge on any atom is 0.410 e. The van der Waals surface area contributed by atoms with Crippen LogP contribution in [0.3, 0.4) is 0 Å². The second kappa shape index (κ2) is 9.98. The zero-order chi connectivity index (χ0) is 22.5. The summed E-state index contributed by atoms with van der Waals surface area (Å²) in [6, 6.07) is 4.21. The van der Waals surface area contributed by atoms with Gasteiger partial charge in [-0.2, -0.15) is 0 Å². The number of carbonyl (C=O) groups is 2. The number of hydrogen-bond donors (Lipinski definition) is 1. The number of piperazine rings is 1. The third kappa shape index (κ3) is 7.45. The number of hydrogen-bond acceptors (Lipinski definition) is 6. The van der Waals surface area contributed by atoms with Crippen LogP contribution in [0, 0.1) is 0 Å². The molecule has 0 spiro atoms. The molecule has 168 valence electrons. The van der Waals surface area contributed by atoms with Gasteiger partial charge in [-0.25, -0.2) is 13.2 Å². The summed E-state index contributed by atoms with van der Waals surface area (Å²) in [6.45, 7) is 9.52. The lowest BCUT2D eigenvalue weighted by Crippen LogP contribution is -2.50. The van der Waals surface area contributed by atoms with E-state index in [1.54, 1.807) is 4.90 Å². The van der Waals surface area contributed by atoms with Crippen LogP contribution in [0.25, 0.3) is 0 Å². The Kier molecular flexibility index (Phi) is 8.13. The molecule has 0 aliphatic carbocycles. The van der Waals surface area contributed by atoms with Gasteiger partial charge in [-0.1, -0.05) is 11.6 Å². The number of rotatable bonds is 6. The van der Waals surface area contributed by atoms with Crippen molar-refractivity contribution in [1.82, 2.24) is 15.1 Å². The van der Waals surface area contributed by atoms with Crippen molar-refractivity contribution in [3.63, 3.8) is 0 Å². The van der Waals surface area contributed by atoms with Gasteiger partial charge in [0.25, 0.3) is 5.91 Å². The van der Waals surface area contributed by atoms with E-state index in [1.165, 1.54) is 18.2 Å². The summed E-state index contributed by atoms with van der Waals surface area (Å²) in [5, 5.41) is 2.90. The van der Waals surface area contributed by atoms with Crippen LogP contribution in [0.1, 0.15) is 37.6 Å². The van der Waals surface area contributed by atoms with Crippen LogP contribution in [0.4, 0.5) is 4.79 Å². The van der Waals surface area contributed by atoms with Crippen molar-refractivity contribution in [2.75, 3.05) is 45.5 Å². The number of amides is 2. The molecule has 0 aromatic heterocycles. The second-order valence-corrected chi connectivity index (χ2v) is 10.7. The predicted molar refractivity (Wildman–Crippen MR) is 116 cm³/mol. The predicted octanol–water partition coefficient (Wildman–Crippen LogP) is 2.42. The van der Waals surface area contributed by atoms with Crippen molar-refractivity contribution >= 4 is 33.4 Å². The average molecular weight is 460 g/mol. The van der Waals surface area contributed by atoms with Crippen molar-refractivity contribution in [3.05, 3.63) is 28.8 Å². The van der Waals surface area contributed by atoms with Gasteiger partial charge < -0.3 is 15.0 Å². The van der Waals surface area contributed by atoms with E-state index in [2.05, 4.69) is 10.2 Å². The summed E-state index contributed by atoms with van der Waals surface area (Å²) in [6.07, 6.45) is 1.51. The first-order valence-corrected chi connectivity index (χ1v) is 12.1. The summed E-state index contributed by atoms with van der Waals surface area (Å²) in [4.78, 5) is 28.3. The first-order valence-electron chi connectivity index (χ1n) is 9.85. The van der Waals surface area contributed by atoms with Gasteiger partial charge in [0.1, 0.15) is 5.60 Å². The number of nitrogens with zero attached hydrogens (tertiary/aromatic N) is 2. The Hall–Kier alpha value is -1.84. The largest absolute Gasteiger partial charge is 0.444 e. The van der Waals surface area contributed by atoms with Gasteiger partial charge in [-0.15, -0.1) is 0 Å². The highest BCUT2D eigenvalue weighted by atomic mass is 35.5. The molecule has 1 aromatic carbocycles. The molecule has 8 nitrogen and oxygen atoms in total. The fourth-order valence-electron chi connectivity index (χ4n) is 3.02. The van der Waals surface area contributed by atoms with Crippen LogP contribution >= 0.6 is 11.6 Å². The zero-order valence-corrected chi connectivity index (χ0v) is 19.5. The molecule has 0 saturated carbocycles. The monoisotopic (exact) mass is 459 g/mol. The van der Waals surface area contributed by atoms with Crippen LogP contribution < -0.4 is 5.32 Å². The van der Waals surface area contributed by atoms with Gasteiger partial charge in [0, 0.05) is 44.5 Å². The molecule has 0 unspecified atom stereocenters. The van der Waals surface area contributed by atoms with Gasteiger partial charge in [0.2, 0.25) is 0 Å². The van der Waals surface area contributed by atoms with Gasteiger partial charge in [0.15, 0.2) is 9.84 Å². The van der Waals surface area contributed by atoms with E-state index >= 15 is 0 Å². The number of nitrogens with one attached hydrogen (secondary N) is 1. The molecule has 1 heterocycles. The highest BCUT2D eigenvalue weighted by Crippen LogP contribution is 2.22. The number of benzene rings is 1. The summed E-state index contributed by atoms with van der Waals surface area (Å²) in [5.41, 5.74) is -0.246. The molecule has 1 aliphatic heterocycles. The van der Waals surface area contributed by atoms with Crippen molar-refractivity contribution in [2.24, 2.45) is 0 Å². The molecule has 1 saturated heterocycles. The Balaban J connectivity index is 1.74. The fraction of sp³-hybridized carbons (Fsp3) is 0.600. The van der Waals surface area contributed by atoms with E-state index in [9.17, 15) is 18.0 Å². The molecule has 1 aromatic rings. The lowest BCUT2D eigenvalue weighted by Gasteiger charge is -2.35. The minimum atomic E-state index is -3.51. The van der Waals surface area contributed by atoms with E-state index in [0.717, 1.165) is 32.3 Å². The van der Waals surface area contributed by atoms with Crippen LogP contribution in [0.15, 0.2) is 23.1 Å². The van der Waals surface area contributed by atoms with Gasteiger partial charge in [0.05, 0.1) is 9.92 Å². The molecule has 2 amide bonds. The standard InChI is InChI=1S/C20H30ClN3O5S/c1-20(2,3)29-19(26)24-12-10-23(11-13-24)9-5-8-22-18(25)15-6-7-16(21)17(14-15)30(4,27)28/h6-7,14H,5,8-13H2,1-4H3,(H,22,25). The molecule has 10 heteroatoms. The summed E-state index contributed by atoms with van der Waals surface area (Å²) in [7, 11) is -3.51. The van der Waals surface area contributed by atoms with Crippen molar-refractivity contribution < 1.29 is 22.7 Å². The fourth-order valence-corrected chi connectivity index (χ4v) is 4.32. The quantitative estimate of drug-likeness (QED) is 0.656. The van der Waals surface area contributed by atoms with E-state index in [4.69, 9.17) is 16.3 Å². The average Bonchev–Trinajstić information content (AvgIpc) is 2.63. The summed E-state index contributed by atoms with van der Waals surface area (Å²) in [5.74, 6) is -0.341. The second-order valence-electron chi connectivity index (χ2n) is 8.34. The van der Waals surface area contributed by atoms with Gasteiger partial charge in [-0.05, 0) is 51.9 Å². The molecule has 0 atom stereocenters. The van der Waals surface area contributed by atoms with Crippen LogP contribution in [-0.4, -0.2) is 81.3 Å². The molecular weight excluding hydrogens is 430 g/mol. The molecule has 0 bridgehead atoms. The number of carbonyl (C=O) groups excluding carboxylic acids is 2. The Labute approximate surface area is 183 Å². The Morgan fingerprint density at radius 2 is 1.80 bits per heavy atom. The Bertz CT molecular complexity index is 875. The highest BCUT2D eigenvalue weighted by molar-refractivity contribution is 7.90. The molecule has 1 N–H and O–H groups in total. The maximum absolute atomic E-state index is 12.3. The molecular formula is C20H30ClN3O5S. The smallest absolute Gasteiger partial charge is 0.410 e. The topological polar surface area (TPSA) is 96.0 Å². The van der Waals surface area contributed by atoms with E-state index in [1.807, 2.05) is 20.8 Å². The number of halogens is 1. The molecule has 2 rings (SSSR count). The number of ether oxygens (including phenoxy) is 1. The van der Waals surface area contributed by atoms with E-state index in [-0.39, 0.29) is 27.5 Å². The summed E-state index contributed by atoms with van der Waals surface area (Å²) >= 11 is 5.91. The third-order valence-electron chi connectivity index (χ3n) is 4.55. The van der Waals surface area contributed by atoms with Crippen molar-refractivity contribution in [2.45, 2.75) is 37.7 Å². The maximum atomic E-state index is 12.3. The van der Waals surface area contributed by atoms with E-state index in [0.29, 0.717) is 19.6 Å². The van der Waals surface area contributed by atoms with Gasteiger partial charge >= 0.3 is 6.09 Å². The van der Waals surface area contributed by atoms with Crippen LogP contribution in [0.5, 0.6) is 0 Å². The van der Waals surface area contributed by atoms with Gasteiger partial charge in [-0.3, -0.25) is 9.69 Å². The van der Waals surface area contributed by atoms with Crippen molar-refractivity contribution in [1.29, 1.82) is 0 Å². The normalized spacial score (nSPS) is 15.7. The lowest BCUT2D eigenvalue weighted by atomic mass is 10.2. The molecule has 0 radical (unpaired) electrons. The van der Waals surface area contributed by atoms with Crippen molar-refractivity contribution in [3.8, 4) is 0 Å². The SMILES string of the molecule is CC(C)(C)OC(=O)N1CCN(CCCNC(=O)c2ccc(Cl)c(S(C)(=O)=O)c2)CC1. The third-order valence-corrected chi connectivity index (χ3v) is 6.13. The highest BCUT2D eigenvalue weighted by Gasteiger charge is 2.25. The van der Waals surface area contributed by atoms with E-state index < -0.39 is 15.4 Å². The first kappa shape index (κ1) is 24.4. The van der Waals surface area contributed by atoms with Crippen LogP contribution in [0.2, 0.25) is 5.02 Å².